The fourth-order valence-corrected chi connectivity index (χ4v) is 4.41. The molecule has 2 aliphatic carbocycles. The summed E-state index contributed by atoms with van der Waals surface area (Å²) < 4.78 is 0. The summed E-state index contributed by atoms with van der Waals surface area (Å²) in [5, 5.41) is 7.51. The molecule has 0 amide bonds. The first-order chi connectivity index (χ1) is 14.1. The Labute approximate surface area is 177 Å². The summed E-state index contributed by atoms with van der Waals surface area (Å²) in [7, 11) is 0. The molecule has 6 N–H and O–H groups in total. The Hall–Kier alpha value is -1.96. The predicted molar refractivity (Wildman–Crippen MR) is 118 cm³/mol. The van der Waals surface area contributed by atoms with Gasteiger partial charge in [0.05, 0.1) is 16.9 Å². The van der Waals surface area contributed by atoms with Crippen LogP contribution < -0.4 is 22.1 Å². The highest BCUT2D eigenvalue weighted by molar-refractivity contribution is 6.32. The molecule has 8 heteroatoms. The van der Waals surface area contributed by atoms with Gasteiger partial charge >= 0.3 is 0 Å². The van der Waals surface area contributed by atoms with E-state index in [1.807, 2.05) is 12.1 Å². The third-order valence-corrected chi connectivity index (χ3v) is 6.28. The van der Waals surface area contributed by atoms with E-state index in [-0.39, 0.29) is 0 Å². The van der Waals surface area contributed by atoms with Gasteiger partial charge in [-0.3, -0.25) is 0 Å². The third kappa shape index (κ3) is 5.35. The normalized spacial score (nSPS) is 27.4. The van der Waals surface area contributed by atoms with Gasteiger partial charge in [0.1, 0.15) is 5.82 Å². The molecule has 0 aromatic carbocycles. The number of hydrogen-bond acceptors (Lipinski definition) is 7. The molecular formula is C21H30ClN7. The lowest BCUT2D eigenvalue weighted by Crippen LogP contribution is -2.33. The molecule has 2 aromatic rings. The molecule has 0 radical (unpaired) electrons. The van der Waals surface area contributed by atoms with Gasteiger partial charge in [0.2, 0.25) is 5.95 Å². The third-order valence-electron chi connectivity index (χ3n) is 6.01. The molecule has 2 aromatic heterocycles. The van der Waals surface area contributed by atoms with Crippen molar-refractivity contribution in [1.82, 2.24) is 15.0 Å². The minimum atomic E-state index is 0.317. The first-order valence-corrected chi connectivity index (χ1v) is 11.0. The van der Waals surface area contributed by atoms with Crippen molar-refractivity contribution in [1.29, 1.82) is 0 Å². The Bertz CT molecular complexity index is 814. The van der Waals surface area contributed by atoms with Crippen LogP contribution in [-0.2, 0) is 0 Å². The maximum absolute atomic E-state index is 6.43. The van der Waals surface area contributed by atoms with Crippen LogP contribution in [0, 0.1) is 0 Å². The monoisotopic (exact) mass is 415 g/mol. The van der Waals surface area contributed by atoms with Crippen molar-refractivity contribution in [2.45, 2.75) is 75.5 Å². The van der Waals surface area contributed by atoms with Crippen LogP contribution in [0.2, 0.25) is 5.02 Å². The maximum atomic E-state index is 6.43. The Balaban J connectivity index is 1.47. The van der Waals surface area contributed by atoms with E-state index in [2.05, 4.69) is 20.6 Å². The summed E-state index contributed by atoms with van der Waals surface area (Å²) in [6.07, 6.45) is 11.8. The van der Waals surface area contributed by atoms with E-state index in [4.69, 9.17) is 28.1 Å². The predicted octanol–water partition coefficient (Wildman–Crippen LogP) is 3.56. The fraction of sp³-hybridized carbons (Fsp3) is 0.571. The van der Waals surface area contributed by atoms with Gasteiger partial charge in [-0.25, -0.2) is 15.0 Å². The average molecular weight is 416 g/mol. The van der Waals surface area contributed by atoms with E-state index in [9.17, 15) is 0 Å². The summed E-state index contributed by atoms with van der Waals surface area (Å²) in [6.45, 7) is 0. The van der Waals surface area contributed by atoms with Crippen LogP contribution in [0.3, 0.4) is 0 Å². The molecule has 2 saturated carbocycles. The van der Waals surface area contributed by atoms with Gasteiger partial charge in [-0.2, -0.15) is 0 Å². The number of hydrogen-bond donors (Lipinski definition) is 4. The van der Waals surface area contributed by atoms with E-state index in [1.165, 1.54) is 0 Å². The highest BCUT2D eigenvalue weighted by atomic mass is 35.5. The Kier molecular flexibility index (Phi) is 6.47. The topological polar surface area (TPSA) is 115 Å². The number of halogens is 1. The van der Waals surface area contributed by atoms with Crippen molar-refractivity contribution in [2.75, 3.05) is 10.6 Å². The number of nitrogens with zero attached hydrogens (tertiary/aromatic N) is 3. The molecule has 0 saturated heterocycles. The molecule has 0 unspecified atom stereocenters. The van der Waals surface area contributed by atoms with Gasteiger partial charge in [-0.15, -0.1) is 0 Å². The van der Waals surface area contributed by atoms with Crippen molar-refractivity contribution >= 4 is 23.4 Å². The minimum absolute atomic E-state index is 0.317. The zero-order valence-electron chi connectivity index (χ0n) is 16.6. The van der Waals surface area contributed by atoms with Gasteiger partial charge in [-0.05, 0) is 63.5 Å². The second-order valence-electron chi connectivity index (χ2n) is 8.33. The van der Waals surface area contributed by atoms with E-state index in [0.29, 0.717) is 40.8 Å². The molecule has 2 fully saturated rings. The van der Waals surface area contributed by atoms with Gasteiger partial charge in [0, 0.05) is 35.9 Å². The molecule has 2 heterocycles. The molecule has 0 bridgehead atoms. The lowest BCUT2D eigenvalue weighted by molar-refractivity contribution is 0.410. The van der Waals surface area contributed by atoms with Crippen LogP contribution in [0.4, 0.5) is 11.8 Å². The number of anilines is 2. The van der Waals surface area contributed by atoms with Crippen molar-refractivity contribution in [3.63, 3.8) is 0 Å². The lowest BCUT2D eigenvalue weighted by atomic mass is 9.92. The zero-order chi connectivity index (χ0) is 20.2. The summed E-state index contributed by atoms with van der Waals surface area (Å²) in [6, 6.07) is 5.35. The van der Waals surface area contributed by atoms with Crippen LogP contribution in [0.5, 0.6) is 0 Å². The minimum Gasteiger partial charge on any atom is -0.367 e. The van der Waals surface area contributed by atoms with Crippen molar-refractivity contribution in [2.24, 2.45) is 11.5 Å². The summed E-state index contributed by atoms with van der Waals surface area (Å²) in [5.41, 5.74) is 13.7. The van der Waals surface area contributed by atoms with E-state index in [1.54, 1.807) is 12.4 Å². The largest absolute Gasteiger partial charge is 0.367 e. The molecule has 2 aliphatic rings. The van der Waals surface area contributed by atoms with Crippen LogP contribution in [0.25, 0.3) is 11.3 Å². The molecule has 0 atom stereocenters. The fourth-order valence-electron chi connectivity index (χ4n) is 4.21. The van der Waals surface area contributed by atoms with Gasteiger partial charge in [-0.1, -0.05) is 11.6 Å². The molecule has 29 heavy (non-hydrogen) atoms. The maximum Gasteiger partial charge on any atom is 0.223 e. The number of nitrogens with one attached hydrogen (secondary N) is 2. The van der Waals surface area contributed by atoms with Crippen LogP contribution in [0.15, 0.2) is 24.5 Å². The molecule has 0 aliphatic heterocycles. The Morgan fingerprint density at radius 2 is 1.48 bits per heavy atom. The summed E-state index contributed by atoms with van der Waals surface area (Å²) in [4.78, 5) is 13.5. The van der Waals surface area contributed by atoms with E-state index >= 15 is 0 Å². The summed E-state index contributed by atoms with van der Waals surface area (Å²) >= 11 is 6.43. The number of nitrogens with two attached hydrogens (primary N) is 2. The van der Waals surface area contributed by atoms with Crippen molar-refractivity contribution < 1.29 is 0 Å². The van der Waals surface area contributed by atoms with Crippen LogP contribution >= 0.6 is 11.6 Å². The molecule has 4 rings (SSSR count). The highest BCUT2D eigenvalue weighted by Crippen LogP contribution is 2.29. The standard InChI is InChI=1S/C21H30ClN7/c22-18-12-26-21(28-17-7-3-15(24)4-8-17)29-20(18)13-9-10-25-19(11-13)27-16-5-1-14(23)2-6-16/h9-12,14-17H,1-8,23-24H2,(H,25,27)(H,26,28,29). The van der Waals surface area contributed by atoms with Crippen LogP contribution in [-0.4, -0.2) is 39.1 Å². The van der Waals surface area contributed by atoms with Gasteiger partial charge in [0.15, 0.2) is 0 Å². The lowest BCUT2D eigenvalue weighted by Gasteiger charge is -2.27. The Morgan fingerprint density at radius 1 is 0.862 bits per heavy atom. The zero-order valence-corrected chi connectivity index (χ0v) is 17.4. The van der Waals surface area contributed by atoms with E-state index < -0.39 is 0 Å². The van der Waals surface area contributed by atoms with Crippen molar-refractivity contribution in [3.05, 3.63) is 29.5 Å². The Morgan fingerprint density at radius 3 is 2.14 bits per heavy atom. The van der Waals surface area contributed by atoms with E-state index in [0.717, 1.165) is 62.7 Å². The quantitative estimate of drug-likeness (QED) is 0.590. The van der Waals surface area contributed by atoms with Gasteiger partial charge in [0.25, 0.3) is 0 Å². The highest BCUT2D eigenvalue weighted by Gasteiger charge is 2.21. The molecule has 0 spiro atoms. The molecule has 7 nitrogen and oxygen atoms in total. The average Bonchev–Trinajstić information content (AvgIpc) is 2.73. The molecular weight excluding hydrogens is 386 g/mol. The van der Waals surface area contributed by atoms with Crippen molar-refractivity contribution in [3.8, 4) is 11.3 Å². The molecule has 156 valence electrons. The van der Waals surface area contributed by atoms with Crippen LogP contribution in [0.1, 0.15) is 51.4 Å². The number of aromatic nitrogens is 3. The number of pyridine rings is 1. The first-order valence-electron chi connectivity index (χ1n) is 10.6. The summed E-state index contributed by atoms with van der Waals surface area (Å²) in [5.74, 6) is 1.45. The second-order valence-corrected chi connectivity index (χ2v) is 8.74. The first kappa shape index (κ1) is 20.3. The second kappa shape index (κ2) is 9.24. The SMILES string of the molecule is NC1CCC(Nc2cc(-c3nc(NC4CCC(N)CC4)ncc3Cl)ccn2)CC1. The van der Waals surface area contributed by atoms with Gasteiger partial charge < -0.3 is 22.1 Å². The number of rotatable bonds is 5. The smallest absolute Gasteiger partial charge is 0.223 e.